The molecule has 0 fully saturated rings. The van der Waals surface area contributed by atoms with Gasteiger partial charge in [-0.25, -0.2) is 0 Å². The molecule has 0 spiro atoms. The van der Waals surface area contributed by atoms with Gasteiger partial charge in [0.1, 0.15) is 0 Å². The van der Waals surface area contributed by atoms with Crippen LogP contribution in [0.3, 0.4) is 0 Å². The molecule has 0 atom stereocenters. The Morgan fingerprint density at radius 3 is 2.58 bits per heavy atom. The van der Waals surface area contributed by atoms with Crippen molar-refractivity contribution in [3.8, 4) is 0 Å². The number of benzene rings is 1. The summed E-state index contributed by atoms with van der Waals surface area (Å²) in [5.41, 5.74) is 2.19. The van der Waals surface area contributed by atoms with Crippen molar-refractivity contribution in [1.29, 1.82) is 0 Å². The number of rotatable bonds is 3. The number of aryl methyl sites for hydroxylation is 1. The van der Waals surface area contributed by atoms with Crippen LogP contribution in [0.15, 0.2) is 41.0 Å². The van der Waals surface area contributed by atoms with Crippen LogP contribution in [0.25, 0.3) is 0 Å². The maximum absolute atomic E-state index is 11.8. The van der Waals surface area contributed by atoms with Gasteiger partial charge in [0, 0.05) is 18.3 Å². The third-order valence-electron chi connectivity index (χ3n) is 2.55. The van der Waals surface area contributed by atoms with E-state index in [4.69, 9.17) is 4.42 Å². The lowest BCUT2D eigenvalue weighted by atomic mass is 10.1. The van der Waals surface area contributed by atoms with Crippen molar-refractivity contribution in [2.75, 3.05) is 10.6 Å². The maximum atomic E-state index is 11.8. The quantitative estimate of drug-likeness (QED) is 0.889. The van der Waals surface area contributed by atoms with Crippen molar-refractivity contribution < 1.29 is 14.0 Å². The second-order valence-electron chi connectivity index (χ2n) is 4.14. The van der Waals surface area contributed by atoms with E-state index in [2.05, 4.69) is 10.6 Å². The molecule has 5 nitrogen and oxygen atoms in total. The Labute approximate surface area is 110 Å². The molecule has 0 bridgehead atoms. The molecular weight excluding hydrogens is 244 g/mol. The zero-order chi connectivity index (χ0) is 13.8. The molecule has 1 aromatic carbocycles. The fraction of sp³-hybridized carbons (Fsp3) is 0.143. The fourth-order valence-electron chi connectivity index (χ4n) is 1.62. The first-order valence-electron chi connectivity index (χ1n) is 5.79. The van der Waals surface area contributed by atoms with Crippen molar-refractivity contribution in [2.45, 2.75) is 13.8 Å². The average Bonchev–Trinajstić information content (AvgIpc) is 2.86. The van der Waals surface area contributed by atoms with E-state index in [1.54, 1.807) is 24.3 Å². The van der Waals surface area contributed by atoms with Gasteiger partial charge >= 0.3 is 0 Å². The van der Waals surface area contributed by atoms with Gasteiger partial charge in [0.15, 0.2) is 5.76 Å². The molecule has 0 aliphatic carbocycles. The minimum atomic E-state index is -0.331. The number of amides is 2. The summed E-state index contributed by atoms with van der Waals surface area (Å²) in [7, 11) is 0. The van der Waals surface area contributed by atoms with Crippen LogP contribution in [0, 0.1) is 6.92 Å². The van der Waals surface area contributed by atoms with Gasteiger partial charge in [-0.3, -0.25) is 9.59 Å². The highest BCUT2D eigenvalue weighted by Gasteiger charge is 2.09. The van der Waals surface area contributed by atoms with Crippen molar-refractivity contribution in [2.24, 2.45) is 0 Å². The Morgan fingerprint density at radius 1 is 1.16 bits per heavy atom. The fourth-order valence-corrected chi connectivity index (χ4v) is 1.62. The molecule has 2 aromatic rings. The van der Waals surface area contributed by atoms with Crippen molar-refractivity contribution in [1.82, 2.24) is 0 Å². The van der Waals surface area contributed by atoms with Gasteiger partial charge in [0.05, 0.1) is 6.26 Å². The molecule has 0 unspecified atom stereocenters. The van der Waals surface area contributed by atoms with Gasteiger partial charge in [-0.15, -0.1) is 0 Å². The van der Waals surface area contributed by atoms with Gasteiger partial charge in [0.25, 0.3) is 5.91 Å². The number of nitrogens with one attached hydrogen (secondary N) is 2. The third kappa shape index (κ3) is 3.22. The largest absolute Gasteiger partial charge is 0.459 e. The van der Waals surface area contributed by atoms with Gasteiger partial charge in [-0.2, -0.15) is 0 Å². The molecule has 2 N–H and O–H groups in total. The molecule has 2 rings (SSSR count). The Kier molecular flexibility index (Phi) is 3.66. The number of furan rings is 1. The topological polar surface area (TPSA) is 71.3 Å². The molecular formula is C14H14N2O3. The lowest BCUT2D eigenvalue weighted by Crippen LogP contribution is -2.12. The molecule has 0 aliphatic heterocycles. The average molecular weight is 258 g/mol. The lowest BCUT2D eigenvalue weighted by molar-refractivity contribution is -0.114. The van der Waals surface area contributed by atoms with Crippen molar-refractivity contribution >= 4 is 23.2 Å². The van der Waals surface area contributed by atoms with E-state index in [1.165, 1.54) is 13.2 Å². The molecule has 0 radical (unpaired) electrons. The van der Waals surface area contributed by atoms with Crippen LogP contribution in [0.4, 0.5) is 11.4 Å². The zero-order valence-corrected chi connectivity index (χ0v) is 10.7. The minimum Gasteiger partial charge on any atom is -0.459 e. The summed E-state index contributed by atoms with van der Waals surface area (Å²) in [6.45, 7) is 3.32. The van der Waals surface area contributed by atoms with Gasteiger partial charge in [-0.05, 0) is 36.8 Å². The second kappa shape index (κ2) is 5.39. The standard InChI is InChI=1S/C14H14N2O3/c1-9-5-6-11(8-12(9)15-10(2)17)16-14(18)13-4-3-7-19-13/h3-8H,1-2H3,(H,15,17)(H,16,18). The van der Waals surface area contributed by atoms with Crippen LogP contribution in [-0.2, 0) is 4.79 Å². The van der Waals surface area contributed by atoms with Crippen molar-refractivity contribution in [3.05, 3.63) is 47.9 Å². The normalized spacial score (nSPS) is 10.0. The summed E-state index contributed by atoms with van der Waals surface area (Å²) in [6, 6.07) is 8.52. The molecule has 2 amide bonds. The lowest BCUT2D eigenvalue weighted by Gasteiger charge is -2.09. The number of anilines is 2. The molecule has 0 aliphatic rings. The SMILES string of the molecule is CC(=O)Nc1cc(NC(=O)c2ccco2)ccc1C. The monoisotopic (exact) mass is 258 g/mol. The van der Waals surface area contributed by atoms with Gasteiger partial charge < -0.3 is 15.1 Å². The van der Waals surface area contributed by atoms with Crippen LogP contribution >= 0.6 is 0 Å². The predicted molar refractivity (Wildman–Crippen MR) is 72.1 cm³/mol. The molecule has 1 aromatic heterocycles. The number of carbonyl (C=O) groups is 2. The van der Waals surface area contributed by atoms with E-state index in [-0.39, 0.29) is 17.6 Å². The summed E-state index contributed by atoms with van der Waals surface area (Å²) in [5, 5.41) is 5.41. The van der Waals surface area contributed by atoms with E-state index in [0.717, 1.165) is 5.56 Å². The van der Waals surface area contributed by atoms with E-state index in [9.17, 15) is 9.59 Å². The predicted octanol–water partition coefficient (Wildman–Crippen LogP) is 2.80. The molecule has 0 saturated heterocycles. The smallest absolute Gasteiger partial charge is 0.291 e. The highest BCUT2D eigenvalue weighted by molar-refractivity contribution is 6.02. The first kappa shape index (κ1) is 12.9. The highest BCUT2D eigenvalue weighted by Crippen LogP contribution is 2.20. The zero-order valence-electron chi connectivity index (χ0n) is 10.7. The van der Waals surface area contributed by atoms with Gasteiger partial charge in [-0.1, -0.05) is 6.07 Å². The molecule has 98 valence electrons. The second-order valence-corrected chi connectivity index (χ2v) is 4.14. The molecule has 19 heavy (non-hydrogen) atoms. The van der Waals surface area contributed by atoms with Crippen LogP contribution in [-0.4, -0.2) is 11.8 Å². The maximum Gasteiger partial charge on any atom is 0.291 e. The summed E-state index contributed by atoms with van der Waals surface area (Å²) >= 11 is 0. The Bertz CT molecular complexity index is 603. The Balaban J connectivity index is 2.17. The summed E-state index contributed by atoms with van der Waals surface area (Å²) < 4.78 is 5.00. The summed E-state index contributed by atoms with van der Waals surface area (Å²) in [4.78, 5) is 22.9. The Hall–Kier alpha value is -2.56. The Morgan fingerprint density at radius 2 is 1.95 bits per heavy atom. The number of carbonyl (C=O) groups excluding carboxylic acids is 2. The summed E-state index contributed by atoms with van der Waals surface area (Å²) in [6.07, 6.45) is 1.44. The van der Waals surface area contributed by atoms with E-state index >= 15 is 0 Å². The van der Waals surface area contributed by atoms with Crippen LogP contribution < -0.4 is 10.6 Å². The molecule has 1 heterocycles. The highest BCUT2D eigenvalue weighted by atomic mass is 16.3. The third-order valence-corrected chi connectivity index (χ3v) is 2.55. The van der Waals surface area contributed by atoms with E-state index in [0.29, 0.717) is 11.4 Å². The van der Waals surface area contributed by atoms with E-state index in [1.807, 2.05) is 13.0 Å². The van der Waals surface area contributed by atoms with Crippen LogP contribution in [0.2, 0.25) is 0 Å². The summed E-state index contributed by atoms with van der Waals surface area (Å²) in [5.74, 6) is -0.248. The van der Waals surface area contributed by atoms with Crippen molar-refractivity contribution in [3.63, 3.8) is 0 Å². The first-order valence-corrected chi connectivity index (χ1v) is 5.79. The molecule has 0 saturated carbocycles. The molecule has 5 heteroatoms. The number of hydrogen-bond acceptors (Lipinski definition) is 3. The van der Waals surface area contributed by atoms with Crippen LogP contribution in [0.1, 0.15) is 23.0 Å². The minimum absolute atomic E-state index is 0.155. The van der Waals surface area contributed by atoms with Crippen LogP contribution in [0.5, 0.6) is 0 Å². The first-order chi connectivity index (χ1) is 9.06. The van der Waals surface area contributed by atoms with E-state index < -0.39 is 0 Å². The van der Waals surface area contributed by atoms with Gasteiger partial charge in [0.2, 0.25) is 5.91 Å². The number of hydrogen-bond donors (Lipinski definition) is 2.